The van der Waals surface area contributed by atoms with Crippen LogP contribution in [0.4, 0.5) is 0 Å². The van der Waals surface area contributed by atoms with Crippen molar-refractivity contribution in [1.82, 2.24) is 0 Å². The first-order chi connectivity index (χ1) is 27.3. The normalized spacial score (nSPS) is 13.6. The molecule has 0 nitrogen and oxygen atoms in total. The largest absolute Gasteiger partial charge is 0.0725 e. The van der Waals surface area contributed by atoms with E-state index in [0.29, 0.717) is 0 Å². The Kier molecular flexibility index (Phi) is 5.65. The molecule has 0 saturated heterocycles. The minimum atomic E-state index is -0.456. The van der Waals surface area contributed by atoms with Crippen LogP contribution < -0.4 is 0 Å². The minimum Gasteiger partial charge on any atom is -0.0619 e. The van der Waals surface area contributed by atoms with Gasteiger partial charge in [-0.25, -0.2) is 0 Å². The van der Waals surface area contributed by atoms with Crippen LogP contribution in [0.3, 0.4) is 0 Å². The van der Waals surface area contributed by atoms with Gasteiger partial charge in [0.25, 0.3) is 0 Å². The van der Waals surface area contributed by atoms with Crippen LogP contribution in [-0.4, -0.2) is 0 Å². The molecule has 0 unspecified atom stereocenters. The maximum absolute atomic E-state index is 2.55. The molecule has 55 heavy (non-hydrogen) atoms. The second-order valence-corrected chi connectivity index (χ2v) is 15.6. The fourth-order valence-corrected chi connectivity index (χ4v) is 10.7. The van der Waals surface area contributed by atoms with E-state index in [1.54, 1.807) is 0 Å². The molecule has 1 spiro atoms. The van der Waals surface area contributed by atoms with Gasteiger partial charge in [0, 0.05) is 0 Å². The molecule has 252 valence electrons. The molecule has 13 rings (SSSR count). The Morgan fingerprint density at radius 2 is 0.745 bits per heavy atom. The van der Waals surface area contributed by atoms with Crippen molar-refractivity contribution in [3.63, 3.8) is 0 Å². The van der Waals surface area contributed by atoms with Crippen LogP contribution in [0.25, 0.3) is 98.4 Å². The Labute approximate surface area is 318 Å². The fraction of sp³-hybridized carbons (Fsp3) is 0.0182. The Morgan fingerprint density at radius 3 is 1.56 bits per heavy atom. The summed E-state index contributed by atoms with van der Waals surface area (Å²) in [5.41, 5.74) is 15.4. The van der Waals surface area contributed by atoms with Gasteiger partial charge in [0.15, 0.2) is 0 Å². The van der Waals surface area contributed by atoms with Crippen molar-refractivity contribution >= 4 is 53.9 Å². The molecule has 0 radical (unpaired) electrons. The molecule has 0 heterocycles. The van der Waals surface area contributed by atoms with Gasteiger partial charge < -0.3 is 0 Å². The molecule has 2 aliphatic carbocycles. The van der Waals surface area contributed by atoms with Crippen molar-refractivity contribution < 1.29 is 0 Å². The summed E-state index contributed by atoms with van der Waals surface area (Å²) in [5.74, 6) is 0. The highest BCUT2D eigenvalue weighted by molar-refractivity contribution is 6.25. The van der Waals surface area contributed by atoms with Crippen LogP contribution in [-0.2, 0) is 5.41 Å². The second-order valence-electron chi connectivity index (χ2n) is 15.6. The molecular weight excluding hydrogens is 661 g/mol. The van der Waals surface area contributed by atoms with E-state index in [1.165, 1.54) is 121 Å². The van der Waals surface area contributed by atoms with Gasteiger partial charge >= 0.3 is 0 Å². The van der Waals surface area contributed by atoms with Crippen molar-refractivity contribution in [2.24, 2.45) is 0 Å². The van der Waals surface area contributed by atoms with Gasteiger partial charge in [-0.05, 0) is 145 Å². The Balaban J connectivity index is 1.12. The van der Waals surface area contributed by atoms with E-state index in [9.17, 15) is 0 Å². The Morgan fingerprint density at radius 1 is 0.236 bits per heavy atom. The summed E-state index contributed by atoms with van der Waals surface area (Å²) < 4.78 is 0. The average Bonchev–Trinajstić information content (AvgIpc) is 3.71. The van der Waals surface area contributed by atoms with Crippen molar-refractivity contribution in [2.75, 3.05) is 0 Å². The average molecular weight is 693 g/mol. The van der Waals surface area contributed by atoms with Crippen molar-refractivity contribution in [3.05, 3.63) is 216 Å². The third-order valence-electron chi connectivity index (χ3n) is 13.0. The first-order valence-corrected chi connectivity index (χ1v) is 19.3. The van der Waals surface area contributed by atoms with Crippen LogP contribution in [0.15, 0.2) is 194 Å². The van der Waals surface area contributed by atoms with Gasteiger partial charge in [0.1, 0.15) is 0 Å². The smallest absolute Gasteiger partial charge is 0.0619 e. The SMILES string of the molecule is c1ccc2c(c1)-c1ccccc1C21c2cc(-c3ccc4ccc5cccc6ccc3c4c56)ccc2-c2cc3cccc(-c4ccc5ccccc5c4)c3cc21. The van der Waals surface area contributed by atoms with Gasteiger partial charge in [-0.1, -0.05) is 170 Å². The van der Waals surface area contributed by atoms with Crippen LogP contribution in [0.1, 0.15) is 22.3 Å². The quantitative estimate of drug-likeness (QED) is 0.158. The van der Waals surface area contributed by atoms with Crippen LogP contribution in [0.5, 0.6) is 0 Å². The molecule has 0 atom stereocenters. The summed E-state index contributed by atoms with van der Waals surface area (Å²) in [6, 6.07) is 73.6. The van der Waals surface area contributed by atoms with Crippen LogP contribution in [0, 0.1) is 0 Å². The zero-order valence-electron chi connectivity index (χ0n) is 30.0. The third-order valence-corrected chi connectivity index (χ3v) is 13.0. The molecule has 11 aromatic carbocycles. The lowest BCUT2D eigenvalue weighted by atomic mass is 9.70. The molecule has 0 fully saturated rings. The van der Waals surface area contributed by atoms with E-state index in [-0.39, 0.29) is 0 Å². The Bertz CT molecular complexity index is 3370. The maximum atomic E-state index is 2.55. The molecule has 0 heteroatoms. The Hall–Kier alpha value is -7.02. The van der Waals surface area contributed by atoms with E-state index >= 15 is 0 Å². The predicted octanol–water partition coefficient (Wildman–Crippen LogP) is 14.6. The van der Waals surface area contributed by atoms with Crippen molar-refractivity contribution in [1.29, 1.82) is 0 Å². The molecule has 0 bridgehead atoms. The van der Waals surface area contributed by atoms with E-state index in [2.05, 4.69) is 194 Å². The number of hydrogen-bond acceptors (Lipinski definition) is 0. The highest BCUT2D eigenvalue weighted by Gasteiger charge is 2.51. The van der Waals surface area contributed by atoms with Gasteiger partial charge in [0.2, 0.25) is 0 Å². The van der Waals surface area contributed by atoms with E-state index < -0.39 is 5.41 Å². The number of rotatable bonds is 2. The fourth-order valence-electron chi connectivity index (χ4n) is 10.7. The van der Waals surface area contributed by atoms with Crippen LogP contribution in [0.2, 0.25) is 0 Å². The summed E-state index contributed by atoms with van der Waals surface area (Å²) in [4.78, 5) is 0. The lowest BCUT2D eigenvalue weighted by Crippen LogP contribution is -2.26. The van der Waals surface area contributed by atoms with Gasteiger partial charge in [0.05, 0.1) is 5.41 Å². The monoisotopic (exact) mass is 692 g/mol. The topological polar surface area (TPSA) is 0 Å². The lowest BCUT2D eigenvalue weighted by Gasteiger charge is -2.31. The molecule has 0 N–H and O–H groups in total. The highest BCUT2D eigenvalue weighted by Crippen LogP contribution is 2.64. The molecule has 11 aromatic rings. The number of benzene rings is 11. The lowest BCUT2D eigenvalue weighted by molar-refractivity contribution is 0.795. The number of fused-ring (bicyclic) bond motifs is 12. The molecule has 0 saturated carbocycles. The molecule has 0 aromatic heterocycles. The highest BCUT2D eigenvalue weighted by atomic mass is 14.5. The molecule has 2 aliphatic rings. The minimum absolute atomic E-state index is 0.456. The predicted molar refractivity (Wildman–Crippen MR) is 232 cm³/mol. The molecule has 0 amide bonds. The van der Waals surface area contributed by atoms with Crippen LogP contribution >= 0.6 is 0 Å². The first kappa shape index (κ1) is 29.4. The van der Waals surface area contributed by atoms with Gasteiger partial charge in [-0.2, -0.15) is 0 Å². The number of hydrogen-bond donors (Lipinski definition) is 0. The second kappa shape index (κ2) is 10.6. The summed E-state index contributed by atoms with van der Waals surface area (Å²) in [7, 11) is 0. The van der Waals surface area contributed by atoms with E-state index in [0.717, 1.165) is 0 Å². The maximum Gasteiger partial charge on any atom is 0.0725 e. The zero-order chi connectivity index (χ0) is 35.8. The molecule has 0 aliphatic heterocycles. The zero-order valence-corrected chi connectivity index (χ0v) is 30.0. The third kappa shape index (κ3) is 3.76. The van der Waals surface area contributed by atoms with E-state index in [1.807, 2.05) is 0 Å². The van der Waals surface area contributed by atoms with E-state index in [4.69, 9.17) is 0 Å². The van der Waals surface area contributed by atoms with Gasteiger partial charge in [-0.3, -0.25) is 0 Å². The summed E-state index contributed by atoms with van der Waals surface area (Å²) in [5, 5.41) is 13.0. The standard InChI is InChI=1S/C55H32/c1-2-10-37-29-39(22-19-33(37)9-1)41-16-8-13-38-30-48-45-27-25-40(42-26-23-36-21-20-34-11-7-12-35-24-28-46(42)54(36)53(34)35)31-51(45)55(52(48)32-47(38)41)49-17-5-3-14-43(49)44-15-4-6-18-50(44)55/h1-32H. The summed E-state index contributed by atoms with van der Waals surface area (Å²) in [6.45, 7) is 0. The summed E-state index contributed by atoms with van der Waals surface area (Å²) in [6.07, 6.45) is 0. The van der Waals surface area contributed by atoms with Crippen molar-refractivity contribution in [3.8, 4) is 44.5 Å². The summed E-state index contributed by atoms with van der Waals surface area (Å²) >= 11 is 0. The van der Waals surface area contributed by atoms with Gasteiger partial charge in [-0.15, -0.1) is 0 Å². The van der Waals surface area contributed by atoms with Crippen molar-refractivity contribution in [2.45, 2.75) is 5.41 Å². The molecular formula is C55H32. The first-order valence-electron chi connectivity index (χ1n) is 19.3.